The molecule has 0 radical (unpaired) electrons. The Bertz CT molecular complexity index is 1450. The number of ether oxygens (including phenoxy) is 5. The summed E-state index contributed by atoms with van der Waals surface area (Å²) in [6.45, 7) is 4.44. The van der Waals surface area contributed by atoms with E-state index in [1.54, 1.807) is 28.8 Å². The number of aromatic nitrogens is 1. The average Bonchev–Trinajstić information content (AvgIpc) is 3.25. The minimum absolute atomic E-state index is 0.327. The van der Waals surface area contributed by atoms with E-state index in [4.69, 9.17) is 46.9 Å². The first-order chi connectivity index (χ1) is 19.4. The Hall–Kier alpha value is -3.60. The molecule has 1 fully saturated rings. The summed E-state index contributed by atoms with van der Waals surface area (Å²) >= 11 is 12.7. The molecule has 1 aliphatic rings. The Morgan fingerprint density at radius 3 is 2.02 bits per heavy atom. The molecule has 218 valence electrons. The van der Waals surface area contributed by atoms with Gasteiger partial charge in [0, 0.05) is 44.3 Å². The lowest BCUT2D eigenvalue weighted by Crippen LogP contribution is -2.60. The summed E-state index contributed by atoms with van der Waals surface area (Å²) < 4.78 is 30.0. The maximum absolute atomic E-state index is 12.3. The summed E-state index contributed by atoms with van der Waals surface area (Å²) in [6, 6.07) is 12.7. The molecule has 1 saturated heterocycles. The fourth-order valence-electron chi connectivity index (χ4n) is 4.94. The predicted octanol–water partition coefficient (Wildman–Crippen LogP) is 4.79. The topological polar surface area (TPSA) is 119 Å². The van der Waals surface area contributed by atoms with E-state index in [0.29, 0.717) is 22.0 Å². The zero-order valence-corrected chi connectivity index (χ0v) is 24.3. The first kappa shape index (κ1) is 30.4. The Labute approximate surface area is 246 Å². The lowest BCUT2D eigenvalue weighted by molar-refractivity contribution is -0.267. The van der Waals surface area contributed by atoms with E-state index in [1.807, 2.05) is 24.4 Å². The van der Waals surface area contributed by atoms with Crippen LogP contribution >= 0.6 is 23.2 Å². The van der Waals surface area contributed by atoms with Gasteiger partial charge in [-0.25, -0.2) is 0 Å². The Kier molecular flexibility index (Phi) is 9.57. The molecule has 0 aliphatic carbocycles. The highest BCUT2D eigenvalue weighted by atomic mass is 35.5. The number of halogens is 2. The highest BCUT2D eigenvalue weighted by molar-refractivity contribution is 6.35. The molecule has 10 nitrogen and oxygen atoms in total. The molecule has 12 heteroatoms. The molecule has 2 heterocycles. The van der Waals surface area contributed by atoms with Crippen molar-refractivity contribution >= 4 is 58.0 Å². The third-order valence-electron chi connectivity index (χ3n) is 6.43. The van der Waals surface area contributed by atoms with Gasteiger partial charge in [0.15, 0.2) is 24.5 Å². The molecule has 2 aromatic carbocycles. The Morgan fingerprint density at radius 1 is 0.805 bits per heavy atom. The van der Waals surface area contributed by atoms with Gasteiger partial charge >= 0.3 is 23.9 Å². The van der Waals surface area contributed by atoms with Crippen molar-refractivity contribution in [1.82, 2.24) is 4.57 Å². The third kappa shape index (κ3) is 7.19. The highest BCUT2D eigenvalue weighted by Gasteiger charge is 2.53. The van der Waals surface area contributed by atoms with Crippen molar-refractivity contribution < 1.29 is 42.9 Å². The maximum Gasteiger partial charge on any atom is 0.303 e. The normalized spacial score (nSPS) is 22.1. The van der Waals surface area contributed by atoms with Crippen molar-refractivity contribution in [2.45, 2.75) is 64.8 Å². The van der Waals surface area contributed by atoms with Crippen LogP contribution in [0.25, 0.3) is 10.9 Å². The van der Waals surface area contributed by atoms with Crippen molar-refractivity contribution in [3.8, 4) is 0 Å². The predicted molar refractivity (Wildman–Crippen MR) is 148 cm³/mol. The second-order valence-corrected chi connectivity index (χ2v) is 10.4. The van der Waals surface area contributed by atoms with Crippen LogP contribution in [0.4, 0.5) is 0 Å². The number of carbonyl (C=O) groups is 4. The van der Waals surface area contributed by atoms with Gasteiger partial charge in [0.1, 0.15) is 12.7 Å². The molecule has 0 unspecified atom stereocenters. The summed E-state index contributed by atoms with van der Waals surface area (Å²) in [5.41, 5.74) is 2.44. The number of carbonyl (C=O) groups excluding carboxylic acids is 4. The number of hydrogen-bond acceptors (Lipinski definition) is 9. The van der Waals surface area contributed by atoms with Gasteiger partial charge in [-0.1, -0.05) is 41.4 Å². The van der Waals surface area contributed by atoms with E-state index in [9.17, 15) is 19.2 Å². The van der Waals surface area contributed by atoms with E-state index in [-0.39, 0.29) is 6.61 Å². The minimum Gasteiger partial charge on any atom is -0.463 e. The molecular weight excluding hydrogens is 577 g/mol. The molecule has 1 aliphatic heterocycles. The number of fused-ring (bicyclic) bond motifs is 1. The summed E-state index contributed by atoms with van der Waals surface area (Å²) in [4.78, 5) is 48.3. The molecule has 0 saturated carbocycles. The van der Waals surface area contributed by atoms with Crippen LogP contribution in [0.5, 0.6) is 0 Å². The van der Waals surface area contributed by atoms with Crippen LogP contribution < -0.4 is 0 Å². The largest absolute Gasteiger partial charge is 0.463 e. The van der Waals surface area contributed by atoms with Crippen molar-refractivity contribution in [2.24, 2.45) is 0 Å². The molecule has 0 bridgehead atoms. The molecule has 1 aromatic heterocycles. The lowest BCUT2D eigenvalue weighted by atomic mass is 9.97. The zero-order valence-electron chi connectivity index (χ0n) is 22.8. The van der Waals surface area contributed by atoms with Gasteiger partial charge in [-0.05, 0) is 41.8 Å². The van der Waals surface area contributed by atoms with Gasteiger partial charge in [-0.2, -0.15) is 0 Å². The number of nitrogens with zero attached hydrogens (tertiary/aromatic N) is 1. The van der Waals surface area contributed by atoms with Crippen LogP contribution in [0.3, 0.4) is 0 Å². The quantitative estimate of drug-likeness (QED) is 0.263. The summed E-state index contributed by atoms with van der Waals surface area (Å²) in [5.74, 6) is -2.69. The molecule has 0 spiro atoms. The van der Waals surface area contributed by atoms with Gasteiger partial charge in [-0.15, -0.1) is 0 Å². The first-order valence-corrected chi connectivity index (χ1v) is 13.5. The van der Waals surface area contributed by atoms with E-state index < -0.39 is 54.5 Å². The lowest BCUT2D eigenvalue weighted by Gasteiger charge is -2.44. The second-order valence-electron chi connectivity index (χ2n) is 9.59. The van der Waals surface area contributed by atoms with Crippen LogP contribution in [0.15, 0.2) is 48.7 Å². The molecule has 4 rings (SSSR count). The second kappa shape index (κ2) is 12.9. The van der Waals surface area contributed by atoms with Crippen molar-refractivity contribution in [2.75, 3.05) is 6.61 Å². The smallest absolute Gasteiger partial charge is 0.303 e. The number of rotatable bonds is 8. The Morgan fingerprint density at radius 2 is 1.41 bits per heavy atom. The number of benzene rings is 2. The maximum atomic E-state index is 12.3. The SMILES string of the molecule is CC(=O)OC[C@H]1O[C@@H](n2cc(Cc3ccc(Cl)cc3)c3c(Cl)cccc32)[C@H](OC(C)=O)[C@@H](OC(C)=O)[C@@H]1OC(C)=O. The van der Waals surface area contributed by atoms with Crippen molar-refractivity contribution in [3.05, 3.63) is 69.8 Å². The summed E-state index contributed by atoms with van der Waals surface area (Å²) in [7, 11) is 0. The number of hydrogen-bond donors (Lipinski definition) is 0. The fourth-order valence-corrected chi connectivity index (χ4v) is 5.36. The summed E-state index contributed by atoms with van der Waals surface area (Å²) in [6.07, 6.45) is -3.70. The van der Waals surface area contributed by atoms with Gasteiger partial charge < -0.3 is 28.3 Å². The Balaban J connectivity index is 1.87. The molecule has 0 N–H and O–H groups in total. The van der Waals surface area contributed by atoms with Crippen LogP contribution in [0, 0.1) is 0 Å². The van der Waals surface area contributed by atoms with Crippen molar-refractivity contribution in [1.29, 1.82) is 0 Å². The minimum atomic E-state index is -1.30. The van der Waals surface area contributed by atoms with Crippen LogP contribution in [0.2, 0.25) is 10.0 Å². The third-order valence-corrected chi connectivity index (χ3v) is 7.00. The molecule has 3 aromatic rings. The van der Waals surface area contributed by atoms with Crippen molar-refractivity contribution in [3.63, 3.8) is 0 Å². The van der Waals surface area contributed by atoms with Gasteiger partial charge in [0.25, 0.3) is 0 Å². The van der Waals surface area contributed by atoms with Crippen LogP contribution in [-0.4, -0.2) is 59.5 Å². The standard InChI is InChI=1S/C29H29Cl2NO9/c1-15(33)37-14-24-26(38-16(2)34)27(39-17(3)35)28(40-18(4)36)29(41-24)32-13-20(12-19-8-10-21(30)11-9-19)25-22(31)6-5-7-23(25)32/h5-11,13,24,26-29H,12,14H2,1-4H3/t24-,26-,27+,28-,29-/m1/s1. The molecule has 0 amide bonds. The average molecular weight is 606 g/mol. The van der Waals surface area contributed by atoms with Gasteiger partial charge in [0.05, 0.1) is 10.5 Å². The van der Waals surface area contributed by atoms with E-state index in [2.05, 4.69) is 0 Å². The van der Waals surface area contributed by atoms with E-state index in [1.165, 1.54) is 27.7 Å². The number of esters is 4. The molecular formula is C29H29Cl2NO9. The van der Waals surface area contributed by atoms with E-state index >= 15 is 0 Å². The van der Waals surface area contributed by atoms with Crippen LogP contribution in [0.1, 0.15) is 45.0 Å². The fraction of sp³-hybridized carbons (Fsp3) is 0.379. The highest BCUT2D eigenvalue weighted by Crippen LogP contribution is 2.39. The van der Waals surface area contributed by atoms with Gasteiger partial charge in [-0.3, -0.25) is 19.2 Å². The van der Waals surface area contributed by atoms with Crippen LogP contribution in [-0.2, 0) is 49.3 Å². The first-order valence-electron chi connectivity index (χ1n) is 12.8. The molecule has 41 heavy (non-hydrogen) atoms. The zero-order chi connectivity index (χ0) is 29.8. The molecule has 5 atom stereocenters. The van der Waals surface area contributed by atoms with Gasteiger partial charge in [0.2, 0.25) is 0 Å². The van der Waals surface area contributed by atoms with E-state index in [0.717, 1.165) is 16.5 Å². The summed E-state index contributed by atoms with van der Waals surface area (Å²) in [5, 5.41) is 1.82. The monoisotopic (exact) mass is 605 g/mol.